The number of nitrogens with zero attached hydrogens (tertiary/aromatic N) is 4. The Morgan fingerprint density at radius 1 is 1.65 bits per heavy atom. The van der Waals surface area contributed by atoms with Crippen LogP contribution in [0, 0.1) is 0 Å². The quantitative estimate of drug-likeness (QED) is 0.768. The molecule has 0 N–H and O–H groups in total. The standard InChI is InChI=1S/C11H18N4O2/c1-3-10-6-14(4-5-17-10)11(16)9(2)15-8-12-7-13-15/h7-10H,3-6H2,1-2H3/t9-,10-/m1/s1. The van der Waals surface area contributed by atoms with E-state index in [-0.39, 0.29) is 18.1 Å². The van der Waals surface area contributed by atoms with Crippen LogP contribution >= 0.6 is 0 Å². The number of hydrogen-bond acceptors (Lipinski definition) is 4. The highest BCUT2D eigenvalue weighted by Crippen LogP contribution is 2.13. The van der Waals surface area contributed by atoms with E-state index in [0.717, 1.165) is 6.42 Å². The van der Waals surface area contributed by atoms with Gasteiger partial charge in [-0.15, -0.1) is 0 Å². The molecule has 1 saturated heterocycles. The number of rotatable bonds is 3. The third-order valence-electron chi connectivity index (χ3n) is 3.10. The number of aromatic nitrogens is 3. The van der Waals surface area contributed by atoms with Gasteiger partial charge < -0.3 is 9.64 Å². The van der Waals surface area contributed by atoms with E-state index in [1.54, 1.807) is 11.0 Å². The van der Waals surface area contributed by atoms with Crippen molar-refractivity contribution in [3.8, 4) is 0 Å². The smallest absolute Gasteiger partial charge is 0.247 e. The number of carbonyl (C=O) groups is 1. The Balaban J connectivity index is 1.99. The first-order chi connectivity index (χ1) is 8.22. The van der Waals surface area contributed by atoms with Gasteiger partial charge in [-0.3, -0.25) is 4.79 Å². The first-order valence-electron chi connectivity index (χ1n) is 5.97. The highest BCUT2D eigenvalue weighted by Gasteiger charge is 2.27. The zero-order valence-corrected chi connectivity index (χ0v) is 10.2. The highest BCUT2D eigenvalue weighted by atomic mass is 16.5. The molecule has 0 saturated carbocycles. The Labute approximate surface area is 101 Å². The van der Waals surface area contributed by atoms with E-state index in [1.165, 1.54) is 6.33 Å². The lowest BCUT2D eigenvalue weighted by Crippen LogP contribution is -2.47. The summed E-state index contributed by atoms with van der Waals surface area (Å²) in [6.07, 6.45) is 4.11. The molecule has 0 aliphatic carbocycles. The summed E-state index contributed by atoms with van der Waals surface area (Å²) in [5.41, 5.74) is 0. The molecule has 0 aromatic carbocycles. The summed E-state index contributed by atoms with van der Waals surface area (Å²) in [5, 5.41) is 4.00. The topological polar surface area (TPSA) is 60.2 Å². The SMILES string of the molecule is CC[C@@H]1CN(C(=O)[C@@H](C)n2cncn2)CCO1. The van der Waals surface area contributed by atoms with Crippen molar-refractivity contribution in [1.82, 2.24) is 19.7 Å². The van der Waals surface area contributed by atoms with Crippen molar-refractivity contribution in [3.63, 3.8) is 0 Å². The van der Waals surface area contributed by atoms with Crippen molar-refractivity contribution in [1.29, 1.82) is 0 Å². The molecule has 1 aliphatic rings. The fourth-order valence-corrected chi connectivity index (χ4v) is 1.96. The number of morpholine rings is 1. The van der Waals surface area contributed by atoms with Crippen LogP contribution in [0.4, 0.5) is 0 Å². The van der Waals surface area contributed by atoms with Gasteiger partial charge in [-0.2, -0.15) is 5.10 Å². The van der Waals surface area contributed by atoms with Crippen LogP contribution in [-0.2, 0) is 9.53 Å². The van der Waals surface area contributed by atoms with Crippen LogP contribution in [0.3, 0.4) is 0 Å². The van der Waals surface area contributed by atoms with Crippen molar-refractivity contribution < 1.29 is 9.53 Å². The molecule has 0 unspecified atom stereocenters. The lowest BCUT2D eigenvalue weighted by atomic mass is 10.2. The van der Waals surface area contributed by atoms with Crippen LogP contribution < -0.4 is 0 Å². The van der Waals surface area contributed by atoms with E-state index in [4.69, 9.17) is 4.74 Å². The lowest BCUT2D eigenvalue weighted by molar-refractivity contribution is -0.142. The Kier molecular flexibility index (Phi) is 3.73. The fourth-order valence-electron chi connectivity index (χ4n) is 1.96. The second-order valence-electron chi connectivity index (χ2n) is 4.24. The van der Waals surface area contributed by atoms with Crippen LogP contribution in [-0.4, -0.2) is 51.4 Å². The molecule has 2 rings (SSSR count). The number of amides is 1. The van der Waals surface area contributed by atoms with Crippen LogP contribution in [0.5, 0.6) is 0 Å². The third-order valence-corrected chi connectivity index (χ3v) is 3.10. The molecule has 0 bridgehead atoms. The maximum atomic E-state index is 12.2. The Morgan fingerprint density at radius 2 is 2.47 bits per heavy atom. The summed E-state index contributed by atoms with van der Waals surface area (Å²) in [5.74, 6) is 0.0808. The van der Waals surface area contributed by atoms with Gasteiger partial charge in [0.15, 0.2) is 0 Å². The van der Waals surface area contributed by atoms with Crippen LogP contribution in [0.15, 0.2) is 12.7 Å². The molecule has 1 fully saturated rings. The molecule has 0 radical (unpaired) electrons. The van der Waals surface area contributed by atoms with Gasteiger partial charge >= 0.3 is 0 Å². The monoisotopic (exact) mass is 238 g/mol. The van der Waals surface area contributed by atoms with Crippen LogP contribution in [0.1, 0.15) is 26.3 Å². The van der Waals surface area contributed by atoms with Gasteiger partial charge in [0.05, 0.1) is 12.7 Å². The van der Waals surface area contributed by atoms with Gasteiger partial charge in [0.1, 0.15) is 18.7 Å². The lowest BCUT2D eigenvalue weighted by Gasteiger charge is -2.33. The van der Waals surface area contributed by atoms with E-state index in [2.05, 4.69) is 17.0 Å². The average Bonchev–Trinajstić information content (AvgIpc) is 2.91. The van der Waals surface area contributed by atoms with Crippen molar-refractivity contribution in [2.24, 2.45) is 0 Å². The highest BCUT2D eigenvalue weighted by molar-refractivity contribution is 5.80. The number of ether oxygens (including phenoxy) is 1. The van der Waals surface area contributed by atoms with Crippen molar-refractivity contribution in [2.75, 3.05) is 19.7 Å². The average molecular weight is 238 g/mol. The Morgan fingerprint density at radius 3 is 3.12 bits per heavy atom. The third kappa shape index (κ3) is 2.63. The molecule has 1 aromatic heterocycles. The van der Waals surface area contributed by atoms with Gasteiger partial charge in [0.25, 0.3) is 0 Å². The van der Waals surface area contributed by atoms with Gasteiger partial charge in [-0.05, 0) is 13.3 Å². The Bertz CT molecular complexity index is 366. The molecule has 2 heterocycles. The van der Waals surface area contributed by atoms with Crippen LogP contribution in [0.2, 0.25) is 0 Å². The van der Waals surface area contributed by atoms with Crippen molar-refractivity contribution >= 4 is 5.91 Å². The molecule has 1 aliphatic heterocycles. The van der Waals surface area contributed by atoms with Crippen LogP contribution in [0.25, 0.3) is 0 Å². The molecule has 6 nitrogen and oxygen atoms in total. The minimum atomic E-state index is -0.298. The van der Waals surface area contributed by atoms with Crippen molar-refractivity contribution in [3.05, 3.63) is 12.7 Å². The summed E-state index contributed by atoms with van der Waals surface area (Å²) < 4.78 is 7.13. The zero-order chi connectivity index (χ0) is 12.3. The summed E-state index contributed by atoms with van der Waals surface area (Å²) in [4.78, 5) is 17.9. The summed E-state index contributed by atoms with van der Waals surface area (Å²) in [7, 11) is 0. The Hall–Kier alpha value is -1.43. The van der Waals surface area contributed by atoms with Crippen molar-refractivity contribution in [2.45, 2.75) is 32.4 Å². The summed E-state index contributed by atoms with van der Waals surface area (Å²) >= 11 is 0. The minimum Gasteiger partial charge on any atom is -0.375 e. The first kappa shape index (κ1) is 12.0. The maximum absolute atomic E-state index is 12.2. The molecule has 94 valence electrons. The number of hydrogen-bond donors (Lipinski definition) is 0. The molecule has 1 amide bonds. The van der Waals surface area contributed by atoms with Gasteiger partial charge in [0.2, 0.25) is 5.91 Å². The molecule has 17 heavy (non-hydrogen) atoms. The van der Waals surface area contributed by atoms with E-state index < -0.39 is 0 Å². The predicted molar refractivity (Wildman–Crippen MR) is 61.3 cm³/mol. The molecular weight excluding hydrogens is 220 g/mol. The normalized spacial score (nSPS) is 22.5. The predicted octanol–water partition coefficient (Wildman–Crippen LogP) is 0.477. The van der Waals surface area contributed by atoms with E-state index >= 15 is 0 Å². The maximum Gasteiger partial charge on any atom is 0.247 e. The number of carbonyl (C=O) groups excluding carboxylic acids is 1. The molecule has 2 atom stereocenters. The second kappa shape index (κ2) is 5.27. The zero-order valence-electron chi connectivity index (χ0n) is 10.2. The fraction of sp³-hybridized carbons (Fsp3) is 0.727. The summed E-state index contributed by atoms with van der Waals surface area (Å²) in [6, 6.07) is -0.298. The largest absolute Gasteiger partial charge is 0.375 e. The summed E-state index contributed by atoms with van der Waals surface area (Å²) in [6.45, 7) is 5.87. The van der Waals surface area contributed by atoms with E-state index in [0.29, 0.717) is 19.7 Å². The molecule has 6 heteroatoms. The van der Waals surface area contributed by atoms with E-state index in [9.17, 15) is 4.79 Å². The van der Waals surface area contributed by atoms with Gasteiger partial charge in [-0.25, -0.2) is 9.67 Å². The van der Waals surface area contributed by atoms with Gasteiger partial charge in [0, 0.05) is 13.1 Å². The van der Waals surface area contributed by atoms with E-state index in [1.807, 2.05) is 11.8 Å². The second-order valence-corrected chi connectivity index (χ2v) is 4.24. The first-order valence-corrected chi connectivity index (χ1v) is 5.97. The molecule has 0 spiro atoms. The molecular formula is C11H18N4O2. The minimum absolute atomic E-state index is 0.0808. The van der Waals surface area contributed by atoms with Gasteiger partial charge in [-0.1, -0.05) is 6.92 Å². The molecule has 1 aromatic rings.